The summed E-state index contributed by atoms with van der Waals surface area (Å²) in [4.78, 5) is 27.3. The van der Waals surface area contributed by atoms with Gasteiger partial charge in [-0.2, -0.15) is 0 Å². The highest BCUT2D eigenvalue weighted by molar-refractivity contribution is 5.92. The highest BCUT2D eigenvalue weighted by Gasteiger charge is 2.17. The van der Waals surface area contributed by atoms with Crippen LogP contribution in [0.5, 0.6) is 0 Å². The molecule has 0 aromatic carbocycles. The molecule has 2 heterocycles. The average Bonchev–Trinajstić information content (AvgIpc) is 2.98. The lowest BCUT2D eigenvalue weighted by atomic mass is 10.2. The number of hydrogen-bond donors (Lipinski definition) is 3. The maximum Gasteiger partial charge on any atom is 0.272 e. The van der Waals surface area contributed by atoms with Crippen LogP contribution in [0.1, 0.15) is 35.7 Å². The number of aromatic nitrogens is 4. The van der Waals surface area contributed by atoms with E-state index in [0.717, 1.165) is 12.2 Å². The van der Waals surface area contributed by atoms with Crippen LogP contribution < -0.4 is 10.6 Å². The normalized spacial score (nSPS) is 11.9. The molecule has 0 saturated heterocycles. The summed E-state index contributed by atoms with van der Waals surface area (Å²) in [5.41, 5.74) is 0.275. The van der Waals surface area contributed by atoms with Gasteiger partial charge in [-0.1, -0.05) is 6.92 Å². The van der Waals surface area contributed by atoms with Crippen molar-refractivity contribution in [2.75, 3.05) is 12.4 Å². The molecule has 100 valence electrons. The van der Waals surface area contributed by atoms with E-state index in [2.05, 4.69) is 30.6 Å². The Morgan fingerprint density at radius 2 is 2.32 bits per heavy atom. The summed E-state index contributed by atoms with van der Waals surface area (Å²) < 4.78 is 0. The molecule has 0 saturated carbocycles. The lowest BCUT2D eigenvalue weighted by Crippen LogP contribution is -2.29. The van der Waals surface area contributed by atoms with E-state index in [4.69, 9.17) is 0 Å². The van der Waals surface area contributed by atoms with Crippen LogP contribution in [0.4, 0.5) is 5.82 Å². The predicted octanol–water partition coefficient (Wildman–Crippen LogP) is 1.12. The molecule has 1 unspecified atom stereocenters. The molecule has 0 aliphatic heterocycles. The second kappa shape index (κ2) is 5.94. The number of anilines is 1. The number of hydrogen-bond acceptors (Lipinski definition) is 5. The minimum absolute atomic E-state index is 0.164. The highest BCUT2D eigenvalue weighted by Crippen LogP contribution is 2.12. The molecule has 0 fully saturated rings. The number of nitrogens with zero attached hydrogens (tertiary/aromatic N) is 3. The van der Waals surface area contributed by atoms with Gasteiger partial charge in [-0.05, 0) is 6.42 Å². The fourth-order valence-corrected chi connectivity index (χ4v) is 1.66. The predicted molar refractivity (Wildman–Crippen MR) is 70.7 cm³/mol. The minimum Gasteiger partial charge on any atom is -0.372 e. The maximum absolute atomic E-state index is 12.1. The Hall–Kier alpha value is -2.44. The summed E-state index contributed by atoms with van der Waals surface area (Å²) in [6, 6.07) is -0.164. The first kappa shape index (κ1) is 13.0. The summed E-state index contributed by atoms with van der Waals surface area (Å²) in [7, 11) is 1.73. The van der Waals surface area contributed by atoms with Gasteiger partial charge in [0.05, 0.1) is 18.4 Å². The van der Waals surface area contributed by atoms with Crippen LogP contribution in [0, 0.1) is 0 Å². The first-order chi connectivity index (χ1) is 9.24. The fraction of sp³-hybridized carbons (Fsp3) is 0.333. The Labute approximate surface area is 110 Å². The molecule has 7 nitrogen and oxygen atoms in total. The van der Waals surface area contributed by atoms with Crippen LogP contribution in [0.25, 0.3) is 0 Å². The Balaban J connectivity index is 2.11. The molecule has 0 radical (unpaired) electrons. The zero-order valence-electron chi connectivity index (χ0n) is 10.8. The van der Waals surface area contributed by atoms with E-state index in [1.807, 2.05) is 6.92 Å². The molecule has 0 bridgehead atoms. The van der Waals surface area contributed by atoms with Gasteiger partial charge in [-0.15, -0.1) is 0 Å². The van der Waals surface area contributed by atoms with E-state index >= 15 is 0 Å². The molecule has 2 rings (SSSR count). The van der Waals surface area contributed by atoms with Crippen molar-refractivity contribution in [2.45, 2.75) is 19.4 Å². The lowest BCUT2D eigenvalue weighted by Gasteiger charge is -2.14. The quantitative estimate of drug-likeness (QED) is 0.748. The maximum atomic E-state index is 12.1. The number of carbonyl (C=O) groups excluding carboxylic acids is 1. The molecule has 2 aromatic rings. The van der Waals surface area contributed by atoms with E-state index in [9.17, 15) is 4.79 Å². The molecule has 0 aliphatic rings. The molecule has 19 heavy (non-hydrogen) atoms. The minimum atomic E-state index is -0.271. The second-order valence-corrected chi connectivity index (χ2v) is 3.95. The van der Waals surface area contributed by atoms with Gasteiger partial charge in [0.2, 0.25) is 0 Å². The van der Waals surface area contributed by atoms with Gasteiger partial charge in [0.1, 0.15) is 17.3 Å². The first-order valence-corrected chi connectivity index (χ1v) is 6.04. The third-order valence-electron chi connectivity index (χ3n) is 2.69. The number of H-pyrrole nitrogens is 1. The van der Waals surface area contributed by atoms with Gasteiger partial charge >= 0.3 is 0 Å². The summed E-state index contributed by atoms with van der Waals surface area (Å²) in [5, 5.41) is 5.72. The summed E-state index contributed by atoms with van der Waals surface area (Å²) in [5.74, 6) is 1.01. The van der Waals surface area contributed by atoms with Crippen molar-refractivity contribution < 1.29 is 4.79 Å². The van der Waals surface area contributed by atoms with Crippen molar-refractivity contribution >= 4 is 11.7 Å². The number of amides is 1. The number of carbonyl (C=O) groups is 1. The fourth-order valence-electron chi connectivity index (χ4n) is 1.66. The Morgan fingerprint density at radius 3 is 2.95 bits per heavy atom. The smallest absolute Gasteiger partial charge is 0.272 e. The Bertz CT molecular complexity index is 539. The summed E-state index contributed by atoms with van der Waals surface area (Å²) in [6.07, 6.45) is 7.11. The van der Waals surface area contributed by atoms with Crippen LogP contribution in [-0.4, -0.2) is 32.9 Å². The van der Waals surface area contributed by atoms with E-state index in [1.54, 1.807) is 25.6 Å². The number of rotatable bonds is 5. The largest absolute Gasteiger partial charge is 0.372 e. The number of nitrogens with one attached hydrogen (secondary N) is 3. The molecule has 2 aromatic heterocycles. The number of aromatic amines is 1. The summed E-state index contributed by atoms with van der Waals surface area (Å²) >= 11 is 0. The van der Waals surface area contributed by atoms with Crippen LogP contribution in [0.3, 0.4) is 0 Å². The third kappa shape index (κ3) is 3.06. The van der Waals surface area contributed by atoms with Crippen LogP contribution >= 0.6 is 0 Å². The topological polar surface area (TPSA) is 95.6 Å². The molecule has 0 aliphatic carbocycles. The van der Waals surface area contributed by atoms with E-state index in [1.165, 1.54) is 6.20 Å². The average molecular weight is 260 g/mol. The van der Waals surface area contributed by atoms with E-state index in [-0.39, 0.29) is 17.6 Å². The van der Waals surface area contributed by atoms with Crippen molar-refractivity contribution in [1.29, 1.82) is 0 Å². The van der Waals surface area contributed by atoms with Gasteiger partial charge in [0.15, 0.2) is 0 Å². The Morgan fingerprint density at radius 1 is 1.47 bits per heavy atom. The SMILES string of the molecule is CCC(NC(=O)c1cncc(NC)n1)c1ncc[nH]1. The van der Waals surface area contributed by atoms with Crippen LogP contribution in [0.15, 0.2) is 24.8 Å². The zero-order chi connectivity index (χ0) is 13.7. The van der Waals surface area contributed by atoms with Gasteiger partial charge in [-0.3, -0.25) is 9.78 Å². The van der Waals surface area contributed by atoms with Crippen molar-refractivity contribution in [2.24, 2.45) is 0 Å². The monoisotopic (exact) mass is 260 g/mol. The van der Waals surface area contributed by atoms with Crippen LogP contribution in [-0.2, 0) is 0 Å². The molecular weight excluding hydrogens is 244 g/mol. The zero-order valence-corrected chi connectivity index (χ0v) is 10.8. The van der Waals surface area contributed by atoms with Gasteiger partial charge < -0.3 is 15.6 Å². The Kier molecular flexibility index (Phi) is 4.07. The lowest BCUT2D eigenvalue weighted by molar-refractivity contribution is 0.0928. The molecule has 7 heteroatoms. The van der Waals surface area contributed by atoms with Gasteiger partial charge in [0, 0.05) is 19.4 Å². The van der Waals surface area contributed by atoms with E-state index < -0.39 is 0 Å². The highest BCUT2D eigenvalue weighted by atomic mass is 16.2. The third-order valence-corrected chi connectivity index (χ3v) is 2.69. The molecular formula is C12H16N6O. The van der Waals surface area contributed by atoms with Crippen LogP contribution in [0.2, 0.25) is 0 Å². The van der Waals surface area contributed by atoms with Crippen molar-refractivity contribution in [3.05, 3.63) is 36.3 Å². The number of imidazole rings is 1. The van der Waals surface area contributed by atoms with E-state index in [0.29, 0.717) is 5.82 Å². The van der Waals surface area contributed by atoms with Gasteiger partial charge in [-0.25, -0.2) is 9.97 Å². The molecule has 1 atom stereocenters. The molecule has 3 N–H and O–H groups in total. The van der Waals surface area contributed by atoms with Crippen molar-refractivity contribution in [1.82, 2.24) is 25.3 Å². The van der Waals surface area contributed by atoms with Gasteiger partial charge in [0.25, 0.3) is 5.91 Å². The van der Waals surface area contributed by atoms with Crippen molar-refractivity contribution in [3.63, 3.8) is 0 Å². The molecule has 0 spiro atoms. The standard InChI is InChI=1S/C12H16N6O/c1-3-8(11-15-4-5-16-11)18-12(19)9-6-14-7-10(13-2)17-9/h4-8H,3H2,1-2H3,(H,13,17)(H,15,16)(H,18,19). The first-order valence-electron chi connectivity index (χ1n) is 6.04. The summed E-state index contributed by atoms with van der Waals surface area (Å²) in [6.45, 7) is 1.98. The van der Waals surface area contributed by atoms with Crippen molar-refractivity contribution in [3.8, 4) is 0 Å². The molecule has 1 amide bonds. The second-order valence-electron chi connectivity index (χ2n) is 3.95.